The molecule has 0 saturated carbocycles. The maximum atomic E-state index is 11.9. The van der Waals surface area contributed by atoms with E-state index in [1.165, 1.54) is 18.2 Å². The minimum absolute atomic E-state index is 0.201. The molecule has 1 aromatic rings. The first-order chi connectivity index (χ1) is 10.5. The standard InChI is InChI=1S/C15H16N4O3/c1-10(11-2-6-13(16)7-3-11)17-18-15(20)12-4-8-14(9-5-12)19(21)22/h2-8,14H,9,16H2,1H3,(H,18,20)/t14-/m0/s1. The first kappa shape index (κ1) is 15.4. The predicted octanol–water partition coefficient (Wildman–Crippen LogP) is 1.64. The summed E-state index contributed by atoms with van der Waals surface area (Å²) in [5.74, 6) is -0.396. The van der Waals surface area contributed by atoms with Crippen molar-refractivity contribution in [2.75, 3.05) is 5.73 Å². The minimum Gasteiger partial charge on any atom is -0.399 e. The number of nitrogens with zero attached hydrogens (tertiary/aromatic N) is 2. The van der Waals surface area contributed by atoms with E-state index in [9.17, 15) is 14.9 Å². The Morgan fingerprint density at radius 1 is 1.41 bits per heavy atom. The van der Waals surface area contributed by atoms with Crippen LogP contribution in [0.25, 0.3) is 0 Å². The quantitative estimate of drug-likeness (QED) is 0.381. The zero-order valence-electron chi connectivity index (χ0n) is 12.0. The summed E-state index contributed by atoms with van der Waals surface area (Å²) in [5.41, 5.74) is 10.5. The summed E-state index contributed by atoms with van der Waals surface area (Å²) in [6.45, 7) is 1.76. The van der Waals surface area contributed by atoms with Crippen LogP contribution in [0.3, 0.4) is 0 Å². The van der Waals surface area contributed by atoms with Crippen LogP contribution in [-0.2, 0) is 4.79 Å². The van der Waals surface area contributed by atoms with Crippen LogP contribution < -0.4 is 11.2 Å². The van der Waals surface area contributed by atoms with Gasteiger partial charge in [-0.1, -0.05) is 18.2 Å². The van der Waals surface area contributed by atoms with Gasteiger partial charge < -0.3 is 5.73 Å². The summed E-state index contributed by atoms with van der Waals surface area (Å²) in [5, 5.41) is 14.6. The number of nitrogen functional groups attached to an aromatic ring is 1. The molecule has 0 spiro atoms. The van der Waals surface area contributed by atoms with E-state index >= 15 is 0 Å². The van der Waals surface area contributed by atoms with Crippen LogP contribution in [0.15, 0.2) is 53.2 Å². The molecule has 2 rings (SSSR count). The van der Waals surface area contributed by atoms with Crippen molar-refractivity contribution >= 4 is 17.3 Å². The SMILES string of the molecule is CC(=NNC(=O)C1=CC[C@@H]([N+](=O)[O-])C=C1)c1ccc(N)cc1. The third-order valence-electron chi connectivity index (χ3n) is 3.26. The fourth-order valence-corrected chi connectivity index (χ4v) is 1.92. The van der Waals surface area contributed by atoms with Gasteiger partial charge in [0.05, 0.1) is 5.71 Å². The summed E-state index contributed by atoms with van der Waals surface area (Å²) in [7, 11) is 0. The van der Waals surface area contributed by atoms with Crippen LogP contribution in [0.5, 0.6) is 0 Å². The second-order valence-corrected chi connectivity index (χ2v) is 4.87. The van der Waals surface area contributed by atoms with Crippen molar-refractivity contribution in [2.45, 2.75) is 19.4 Å². The van der Waals surface area contributed by atoms with Crippen molar-refractivity contribution in [3.05, 3.63) is 63.7 Å². The van der Waals surface area contributed by atoms with Gasteiger partial charge in [0.2, 0.25) is 6.04 Å². The monoisotopic (exact) mass is 300 g/mol. The van der Waals surface area contributed by atoms with Crippen molar-refractivity contribution in [1.82, 2.24) is 5.43 Å². The van der Waals surface area contributed by atoms with E-state index in [2.05, 4.69) is 10.5 Å². The molecule has 0 heterocycles. The molecule has 0 aromatic heterocycles. The Morgan fingerprint density at radius 2 is 2.09 bits per heavy atom. The van der Waals surface area contributed by atoms with Gasteiger partial charge in [-0.05, 0) is 36.8 Å². The maximum Gasteiger partial charge on any atom is 0.271 e. The van der Waals surface area contributed by atoms with Crippen molar-refractivity contribution < 1.29 is 9.72 Å². The highest BCUT2D eigenvalue weighted by molar-refractivity contribution is 6.01. The van der Waals surface area contributed by atoms with Gasteiger partial charge >= 0.3 is 0 Å². The van der Waals surface area contributed by atoms with Gasteiger partial charge in [0.1, 0.15) is 0 Å². The van der Waals surface area contributed by atoms with Crippen molar-refractivity contribution in [3.8, 4) is 0 Å². The fraction of sp³-hybridized carbons (Fsp3) is 0.200. The largest absolute Gasteiger partial charge is 0.399 e. The Morgan fingerprint density at radius 3 is 2.64 bits per heavy atom. The lowest BCUT2D eigenvalue weighted by molar-refractivity contribution is -0.508. The minimum atomic E-state index is -0.767. The lowest BCUT2D eigenvalue weighted by Crippen LogP contribution is -2.24. The zero-order chi connectivity index (χ0) is 16.1. The van der Waals surface area contributed by atoms with Gasteiger partial charge in [-0.15, -0.1) is 0 Å². The molecule has 1 aromatic carbocycles. The lowest BCUT2D eigenvalue weighted by Gasteiger charge is -2.09. The summed E-state index contributed by atoms with van der Waals surface area (Å²) < 4.78 is 0. The van der Waals surface area contributed by atoms with Crippen molar-refractivity contribution in [1.29, 1.82) is 0 Å². The zero-order valence-corrected chi connectivity index (χ0v) is 12.0. The van der Waals surface area contributed by atoms with E-state index in [0.29, 0.717) is 17.0 Å². The van der Waals surface area contributed by atoms with E-state index in [1.54, 1.807) is 19.1 Å². The number of hydrazone groups is 1. The molecule has 7 nitrogen and oxygen atoms in total. The molecule has 1 atom stereocenters. The van der Waals surface area contributed by atoms with Crippen LogP contribution in [0.2, 0.25) is 0 Å². The highest BCUT2D eigenvalue weighted by Crippen LogP contribution is 2.13. The first-order valence-corrected chi connectivity index (χ1v) is 6.70. The number of hydrogen-bond acceptors (Lipinski definition) is 5. The van der Waals surface area contributed by atoms with Crippen LogP contribution in [0.1, 0.15) is 18.9 Å². The summed E-state index contributed by atoms with van der Waals surface area (Å²) in [6, 6.07) is 6.35. The van der Waals surface area contributed by atoms with Gasteiger partial charge in [-0.25, -0.2) is 5.43 Å². The average molecular weight is 300 g/mol. The van der Waals surface area contributed by atoms with Crippen LogP contribution in [-0.4, -0.2) is 22.6 Å². The van der Waals surface area contributed by atoms with Gasteiger partial charge in [-0.3, -0.25) is 14.9 Å². The van der Waals surface area contributed by atoms with E-state index in [-0.39, 0.29) is 11.3 Å². The summed E-state index contributed by atoms with van der Waals surface area (Å²) in [4.78, 5) is 22.2. The Bertz CT molecular complexity index is 675. The highest BCUT2D eigenvalue weighted by atomic mass is 16.6. The van der Waals surface area contributed by atoms with E-state index in [0.717, 1.165) is 5.56 Å². The normalized spacial score (nSPS) is 17.8. The summed E-state index contributed by atoms with van der Waals surface area (Å²) >= 11 is 0. The molecule has 0 saturated heterocycles. The number of nitrogens with two attached hydrogens (primary N) is 1. The first-order valence-electron chi connectivity index (χ1n) is 6.70. The van der Waals surface area contributed by atoms with E-state index in [4.69, 9.17) is 5.73 Å². The summed E-state index contributed by atoms with van der Waals surface area (Å²) in [6.07, 6.45) is 4.59. The van der Waals surface area contributed by atoms with Crippen molar-refractivity contribution in [3.63, 3.8) is 0 Å². The van der Waals surface area contributed by atoms with Crippen LogP contribution in [0, 0.1) is 10.1 Å². The molecule has 1 aliphatic rings. The van der Waals surface area contributed by atoms with Crippen LogP contribution >= 0.6 is 0 Å². The number of nitro groups is 1. The highest BCUT2D eigenvalue weighted by Gasteiger charge is 2.20. The number of amides is 1. The predicted molar refractivity (Wildman–Crippen MR) is 83.8 cm³/mol. The molecule has 0 aliphatic heterocycles. The van der Waals surface area contributed by atoms with Crippen molar-refractivity contribution in [2.24, 2.45) is 5.10 Å². The molecular formula is C15H16N4O3. The Balaban J connectivity index is 1.98. The smallest absolute Gasteiger partial charge is 0.271 e. The fourth-order valence-electron chi connectivity index (χ4n) is 1.92. The second-order valence-electron chi connectivity index (χ2n) is 4.87. The van der Waals surface area contributed by atoms with Gasteiger partial charge in [-0.2, -0.15) is 5.10 Å². The molecular weight excluding hydrogens is 284 g/mol. The molecule has 0 unspecified atom stereocenters. The molecule has 0 radical (unpaired) electrons. The lowest BCUT2D eigenvalue weighted by atomic mass is 10.0. The maximum absolute atomic E-state index is 11.9. The molecule has 22 heavy (non-hydrogen) atoms. The molecule has 1 amide bonds. The number of carbonyl (C=O) groups is 1. The molecule has 0 fully saturated rings. The average Bonchev–Trinajstić information content (AvgIpc) is 2.53. The topological polar surface area (TPSA) is 111 Å². The molecule has 3 N–H and O–H groups in total. The Labute approximate surface area is 127 Å². The molecule has 114 valence electrons. The number of benzene rings is 1. The number of anilines is 1. The van der Waals surface area contributed by atoms with Crippen LogP contribution in [0.4, 0.5) is 5.69 Å². The number of carbonyl (C=O) groups excluding carboxylic acids is 1. The van der Waals surface area contributed by atoms with Gasteiger partial charge in [0, 0.05) is 22.6 Å². The van der Waals surface area contributed by atoms with E-state index < -0.39 is 11.9 Å². The third kappa shape index (κ3) is 3.78. The number of hydrogen-bond donors (Lipinski definition) is 2. The molecule has 7 heteroatoms. The molecule has 1 aliphatic carbocycles. The Hall–Kier alpha value is -2.96. The Kier molecular flexibility index (Phi) is 4.67. The third-order valence-corrected chi connectivity index (χ3v) is 3.26. The van der Waals surface area contributed by atoms with Gasteiger partial charge in [0.25, 0.3) is 5.91 Å². The second kappa shape index (κ2) is 6.66. The molecule has 0 bridgehead atoms. The van der Waals surface area contributed by atoms with Gasteiger partial charge in [0.15, 0.2) is 0 Å². The number of nitrogens with one attached hydrogen (secondary N) is 1. The number of rotatable bonds is 4. The van der Waals surface area contributed by atoms with E-state index in [1.807, 2.05) is 12.1 Å².